The molecule has 0 bridgehead atoms. The Balaban J connectivity index is 2.08. The molecule has 0 saturated heterocycles. The number of pyridine rings is 1. The molecule has 1 aliphatic heterocycles. The first-order valence-electron chi connectivity index (χ1n) is 6.13. The first kappa shape index (κ1) is 15.1. The lowest BCUT2D eigenvalue weighted by molar-refractivity contribution is 0.0966. The Labute approximate surface area is 136 Å². The predicted molar refractivity (Wildman–Crippen MR) is 82.7 cm³/mol. The minimum absolute atomic E-state index is 0.0514. The number of nitrogens with zero attached hydrogens (tertiary/aromatic N) is 1. The molecular formula is C13H9Cl2N3O3S. The lowest BCUT2D eigenvalue weighted by Crippen LogP contribution is -2.18. The van der Waals surface area contributed by atoms with Crippen molar-refractivity contribution in [1.29, 1.82) is 0 Å². The molecule has 9 heteroatoms. The van der Waals surface area contributed by atoms with E-state index in [1.807, 2.05) is 0 Å². The minimum Gasteiger partial charge on any atom is -0.348 e. The zero-order valence-corrected chi connectivity index (χ0v) is 13.3. The third-order valence-corrected chi connectivity index (χ3v) is 5.41. The molecule has 0 saturated carbocycles. The predicted octanol–water partition coefficient (Wildman–Crippen LogP) is 2.43. The molecule has 2 aromatic rings. The fourth-order valence-corrected chi connectivity index (χ4v) is 4.32. The Morgan fingerprint density at radius 3 is 2.73 bits per heavy atom. The van der Waals surface area contributed by atoms with E-state index in [-0.39, 0.29) is 26.7 Å². The van der Waals surface area contributed by atoms with Gasteiger partial charge in [0.05, 0.1) is 16.3 Å². The van der Waals surface area contributed by atoms with Crippen molar-refractivity contribution in [1.82, 2.24) is 10.3 Å². The van der Waals surface area contributed by atoms with Crippen molar-refractivity contribution in [3.05, 3.63) is 51.8 Å². The molecule has 0 spiro atoms. The molecule has 2 N–H and O–H groups in total. The van der Waals surface area contributed by atoms with Crippen LogP contribution in [-0.4, -0.2) is 19.3 Å². The van der Waals surface area contributed by atoms with Crippen molar-refractivity contribution >= 4 is 44.8 Å². The number of fused-ring (bicyclic) bond motifs is 1. The van der Waals surface area contributed by atoms with Crippen LogP contribution in [0.2, 0.25) is 10.2 Å². The van der Waals surface area contributed by atoms with E-state index >= 15 is 0 Å². The summed E-state index contributed by atoms with van der Waals surface area (Å²) in [6.07, 6.45) is 1.30. The molecule has 0 aliphatic carbocycles. The third kappa shape index (κ3) is 2.51. The lowest BCUT2D eigenvalue weighted by Gasteiger charge is -2.12. The first-order valence-corrected chi connectivity index (χ1v) is 8.37. The van der Waals surface area contributed by atoms with Crippen LogP contribution >= 0.6 is 23.2 Å². The zero-order chi connectivity index (χ0) is 15.9. The average molecular weight is 358 g/mol. The molecule has 2 heterocycles. The van der Waals surface area contributed by atoms with Crippen LogP contribution in [0.5, 0.6) is 0 Å². The summed E-state index contributed by atoms with van der Waals surface area (Å²) in [4.78, 5) is 15.2. The average Bonchev–Trinajstić information content (AvgIpc) is 2.81. The molecule has 0 radical (unpaired) electrons. The number of nitrogens with one attached hydrogen (secondary N) is 2. The van der Waals surface area contributed by atoms with Crippen LogP contribution in [0.1, 0.15) is 15.9 Å². The van der Waals surface area contributed by atoms with Gasteiger partial charge in [-0.05, 0) is 17.7 Å². The van der Waals surface area contributed by atoms with E-state index in [9.17, 15) is 13.2 Å². The molecule has 1 aliphatic rings. The molecule has 0 fully saturated rings. The fourth-order valence-electron chi connectivity index (χ4n) is 2.20. The topological polar surface area (TPSA) is 88.2 Å². The van der Waals surface area contributed by atoms with Crippen LogP contribution in [0, 0.1) is 0 Å². The van der Waals surface area contributed by atoms with Gasteiger partial charge in [-0.25, -0.2) is 13.4 Å². The van der Waals surface area contributed by atoms with Crippen LogP contribution in [0.25, 0.3) is 0 Å². The largest absolute Gasteiger partial charge is 0.348 e. The van der Waals surface area contributed by atoms with E-state index in [0.29, 0.717) is 17.7 Å². The Hall–Kier alpha value is -1.83. The molecule has 114 valence electrons. The highest BCUT2D eigenvalue weighted by Crippen LogP contribution is 2.31. The standard InChI is InChI=1S/C13H9Cl2N3O3S/c14-8-4-5-16-12(15)11(8)22(20,21)18-9-3-1-2-7-6-17-13(19)10(7)9/h1-5,18H,6H2,(H,17,19). The van der Waals surface area contributed by atoms with Crippen LogP contribution in [0.3, 0.4) is 0 Å². The summed E-state index contributed by atoms with van der Waals surface area (Å²) in [5, 5.41) is 2.35. The van der Waals surface area contributed by atoms with Crippen molar-refractivity contribution in [2.24, 2.45) is 0 Å². The van der Waals surface area contributed by atoms with Crippen molar-refractivity contribution in [2.45, 2.75) is 11.4 Å². The number of amides is 1. The molecule has 0 unspecified atom stereocenters. The van der Waals surface area contributed by atoms with E-state index in [0.717, 1.165) is 0 Å². The number of carbonyl (C=O) groups is 1. The van der Waals surface area contributed by atoms with E-state index < -0.39 is 10.0 Å². The van der Waals surface area contributed by atoms with Crippen LogP contribution < -0.4 is 10.0 Å². The summed E-state index contributed by atoms with van der Waals surface area (Å²) in [6, 6.07) is 6.22. The number of hydrogen-bond acceptors (Lipinski definition) is 4. The van der Waals surface area contributed by atoms with Crippen LogP contribution in [0.15, 0.2) is 35.4 Å². The van der Waals surface area contributed by atoms with E-state index in [1.54, 1.807) is 12.1 Å². The minimum atomic E-state index is -4.08. The van der Waals surface area contributed by atoms with Crippen molar-refractivity contribution in [3.63, 3.8) is 0 Å². The van der Waals surface area contributed by atoms with Gasteiger partial charge in [-0.15, -0.1) is 0 Å². The number of halogens is 2. The highest BCUT2D eigenvalue weighted by Gasteiger charge is 2.27. The summed E-state index contributed by atoms with van der Waals surface area (Å²) < 4.78 is 27.3. The summed E-state index contributed by atoms with van der Waals surface area (Å²) >= 11 is 11.7. The Morgan fingerprint density at radius 2 is 2.00 bits per heavy atom. The molecule has 1 aromatic heterocycles. The number of rotatable bonds is 3. The summed E-state index contributed by atoms with van der Waals surface area (Å²) in [6.45, 7) is 0.359. The Kier molecular flexibility index (Phi) is 3.72. The third-order valence-electron chi connectivity index (χ3n) is 3.14. The smallest absolute Gasteiger partial charge is 0.266 e. The molecule has 1 amide bonds. The number of carbonyl (C=O) groups excluding carboxylic acids is 1. The normalized spacial score (nSPS) is 13.6. The van der Waals surface area contributed by atoms with Gasteiger partial charge in [0.25, 0.3) is 15.9 Å². The molecule has 3 rings (SSSR count). The van der Waals surface area contributed by atoms with Crippen LogP contribution in [0.4, 0.5) is 5.69 Å². The van der Waals surface area contributed by atoms with Gasteiger partial charge in [0.2, 0.25) is 0 Å². The number of aromatic nitrogens is 1. The van der Waals surface area contributed by atoms with Gasteiger partial charge in [-0.2, -0.15) is 0 Å². The molecule has 6 nitrogen and oxygen atoms in total. The van der Waals surface area contributed by atoms with Crippen molar-refractivity contribution in [3.8, 4) is 0 Å². The lowest BCUT2D eigenvalue weighted by atomic mass is 10.1. The maximum atomic E-state index is 12.5. The van der Waals surface area contributed by atoms with Crippen molar-refractivity contribution in [2.75, 3.05) is 4.72 Å². The van der Waals surface area contributed by atoms with Crippen LogP contribution in [-0.2, 0) is 16.6 Å². The molecule has 1 aromatic carbocycles. The second kappa shape index (κ2) is 5.42. The van der Waals surface area contributed by atoms with Gasteiger partial charge in [0, 0.05) is 12.7 Å². The maximum Gasteiger partial charge on any atom is 0.266 e. The first-order chi connectivity index (χ1) is 10.4. The SMILES string of the molecule is O=C1NCc2cccc(NS(=O)(=O)c3c(Cl)ccnc3Cl)c21. The van der Waals surface area contributed by atoms with Gasteiger partial charge >= 0.3 is 0 Å². The number of benzene rings is 1. The highest BCUT2D eigenvalue weighted by atomic mass is 35.5. The number of anilines is 1. The number of hydrogen-bond donors (Lipinski definition) is 2. The Morgan fingerprint density at radius 1 is 1.23 bits per heavy atom. The molecule has 0 atom stereocenters. The summed E-state index contributed by atoms with van der Waals surface area (Å²) in [5.41, 5.74) is 1.18. The van der Waals surface area contributed by atoms with Gasteiger partial charge in [-0.1, -0.05) is 35.3 Å². The van der Waals surface area contributed by atoms with Gasteiger partial charge < -0.3 is 5.32 Å². The maximum absolute atomic E-state index is 12.5. The van der Waals surface area contributed by atoms with E-state index in [1.165, 1.54) is 18.3 Å². The van der Waals surface area contributed by atoms with Gasteiger partial charge in [0.15, 0.2) is 5.15 Å². The molecular weight excluding hydrogens is 349 g/mol. The van der Waals surface area contributed by atoms with Gasteiger partial charge in [-0.3, -0.25) is 9.52 Å². The quantitative estimate of drug-likeness (QED) is 0.825. The summed E-state index contributed by atoms with van der Waals surface area (Å²) in [7, 11) is -4.08. The fraction of sp³-hybridized carbons (Fsp3) is 0.0769. The van der Waals surface area contributed by atoms with E-state index in [2.05, 4.69) is 15.0 Å². The Bertz CT molecular complexity index is 864. The van der Waals surface area contributed by atoms with Crippen molar-refractivity contribution < 1.29 is 13.2 Å². The zero-order valence-electron chi connectivity index (χ0n) is 10.9. The van der Waals surface area contributed by atoms with Gasteiger partial charge in [0.1, 0.15) is 4.90 Å². The monoisotopic (exact) mass is 357 g/mol. The molecule has 22 heavy (non-hydrogen) atoms. The highest BCUT2D eigenvalue weighted by molar-refractivity contribution is 7.93. The second-order valence-corrected chi connectivity index (χ2v) is 6.93. The second-order valence-electron chi connectivity index (χ2n) is 4.54. The summed E-state index contributed by atoms with van der Waals surface area (Å²) in [5.74, 6) is -0.336. The van der Waals surface area contributed by atoms with E-state index in [4.69, 9.17) is 23.2 Å². The number of sulfonamides is 1.